The van der Waals surface area contributed by atoms with E-state index in [0.29, 0.717) is 74.1 Å². The number of hydrogen-bond acceptors (Lipinski definition) is 9. The lowest BCUT2D eigenvalue weighted by Crippen LogP contribution is -2.17. The van der Waals surface area contributed by atoms with E-state index in [4.69, 9.17) is 28.4 Å². The predicted molar refractivity (Wildman–Crippen MR) is 340 cm³/mol. The Morgan fingerprint density at radius 1 is 0.440 bits per heavy atom. The molecular weight excluding hydrogens is 1040 g/mol. The lowest BCUT2D eigenvalue weighted by atomic mass is 9.79. The lowest BCUT2D eigenvalue weighted by molar-refractivity contribution is -0.143. The van der Waals surface area contributed by atoms with Gasteiger partial charge in [-0.1, -0.05) is 132 Å². The molecule has 0 radical (unpaired) electrons. The van der Waals surface area contributed by atoms with Crippen molar-refractivity contribution in [2.24, 2.45) is 0 Å². The summed E-state index contributed by atoms with van der Waals surface area (Å²) in [4.78, 5) is 13.1. The van der Waals surface area contributed by atoms with Gasteiger partial charge in [0, 0.05) is 65.5 Å². The number of carbonyl (C=O) groups is 1. The molecule has 9 nitrogen and oxygen atoms in total. The summed E-state index contributed by atoms with van der Waals surface area (Å²) in [6, 6.07) is 30.5. The minimum atomic E-state index is -0.282. The highest BCUT2D eigenvalue weighted by molar-refractivity contribution is 5.89. The van der Waals surface area contributed by atoms with Gasteiger partial charge >= 0.3 is 5.97 Å². The first kappa shape index (κ1) is 61.2. The first-order valence-electron chi connectivity index (χ1n) is 30.1. The van der Waals surface area contributed by atoms with Gasteiger partial charge in [0.05, 0.1) is 27.4 Å². The van der Waals surface area contributed by atoms with Crippen LogP contribution in [0.15, 0.2) is 84.9 Å². The zero-order chi connectivity index (χ0) is 61.0. The molecule has 0 unspecified atom stereocenters. The van der Waals surface area contributed by atoms with Gasteiger partial charge in [-0.05, 0) is 176 Å². The molecule has 0 atom stereocenters. The molecule has 0 amide bonds. The predicted octanol–water partition coefficient (Wildman–Crippen LogP) is 17.3. The van der Waals surface area contributed by atoms with Crippen LogP contribution in [0, 0.1) is 13.8 Å². The van der Waals surface area contributed by atoms with E-state index in [0.717, 1.165) is 117 Å². The number of esters is 1. The Kier molecular flexibility index (Phi) is 17.2. The molecule has 0 saturated heterocycles. The van der Waals surface area contributed by atoms with Crippen LogP contribution >= 0.6 is 0 Å². The average Bonchev–Trinajstić information content (AvgIpc) is 1.31. The van der Waals surface area contributed by atoms with Crippen LogP contribution in [-0.2, 0) is 76.5 Å². The van der Waals surface area contributed by atoms with Crippen LogP contribution in [-0.4, -0.2) is 43.6 Å². The Morgan fingerprint density at radius 3 is 1.06 bits per heavy atom. The normalized spacial score (nSPS) is 13.6. The van der Waals surface area contributed by atoms with Crippen molar-refractivity contribution in [3.8, 4) is 62.5 Å². The number of hydrogen-bond donors (Lipinski definition) is 2. The summed E-state index contributed by atoms with van der Waals surface area (Å²) in [7, 11) is 3.39. The molecule has 0 fully saturated rings. The molecule has 2 N–H and O–H groups in total. The highest BCUT2D eigenvalue weighted by Crippen LogP contribution is 2.50. The van der Waals surface area contributed by atoms with E-state index in [2.05, 4.69) is 182 Å². The van der Waals surface area contributed by atoms with Crippen molar-refractivity contribution in [3.05, 3.63) is 180 Å². The fraction of sp³-hybridized carbons (Fsp3) is 0.427. The minimum absolute atomic E-state index is 0.118. The van der Waals surface area contributed by atoms with Crippen LogP contribution < -0.4 is 23.7 Å². The third kappa shape index (κ3) is 12.8. The van der Waals surface area contributed by atoms with Crippen molar-refractivity contribution in [2.75, 3.05) is 27.4 Å². The van der Waals surface area contributed by atoms with E-state index in [1.54, 1.807) is 14.2 Å². The third-order valence-electron chi connectivity index (χ3n) is 16.7. The molecule has 2 aliphatic heterocycles. The zero-order valence-electron chi connectivity index (χ0n) is 53.4. The highest BCUT2D eigenvalue weighted by atomic mass is 16.5. The quantitative estimate of drug-likeness (QED) is 0.144. The van der Waals surface area contributed by atoms with E-state index >= 15 is 0 Å². The van der Waals surface area contributed by atoms with Gasteiger partial charge in [-0.15, -0.1) is 0 Å². The van der Waals surface area contributed by atoms with Crippen LogP contribution in [0.4, 0.5) is 0 Å². The summed E-state index contributed by atoms with van der Waals surface area (Å²) in [5.74, 6) is 3.44. The molecule has 84 heavy (non-hydrogen) atoms. The Labute approximate surface area is 500 Å². The van der Waals surface area contributed by atoms with Gasteiger partial charge < -0.3 is 38.6 Å². The second kappa shape index (κ2) is 23.6. The molecule has 3 aliphatic rings. The van der Waals surface area contributed by atoms with E-state index < -0.39 is 0 Å². The fourth-order valence-corrected chi connectivity index (χ4v) is 12.1. The molecule has 9 heteroatoms. The van der Waals surface area contributed by atoms with Crippen LogP contribution in [0.2, 0.25) is 0 Å². The van der Waals surface area contributed by atoms with E-state index in [-0.39, 0.29) is 58.8 Å². The molecule has 0 aromatic heterocycles. The molecular formula is C75H90O9. The van der Waals surface area contributed by atoms with Gasteiger partial charge in [-0.2, -0.15) is 0 Å². The van der Waals surface area contributed by atoms with Gasteiger partial charge in [0.2, 0.25) is 0 Å². The number of phenolic OH excluding ortho intramolecular Hbond substituents is 2. The largest absolute Gasteiger partial charge is 0.507 e. The maximum atomic E-state index is 13.1. The summed E-state index contributed by atoms with van der Waals surface area (Å²) >= 11 is 0. The first-order chi connectivity index (χ1) is 39.5. The minimum Gasteiger partial charge on any atom is -0.507 e. The Balaban J connectivity index is 1.46. The topological polar surface area (TPSA) is 113 Å². The SMILES string of the molecule is CCOC(=O)CCc1cc2c(OCC)c(c1)-c1cc(C)cc(c1OC)COc1c3cc(C(C)(C)C)cc1Cc1cc(C(C)(C)C)cc(c1O)Cc1cc(C(C)(C)C)cc(c1OCc1cc(C)cc-2c1OC)Cc1cc(C(C)(C)C)cc(c1O)C3. The molecule has 16 bridgehead atoms. The number of aromatic hydroxyl groups is 2. The highest BCUT2D eigenvalue weighted by Gasteiger charge is 2.31. The van der Waals surface area contributed by atoms with Gasteiger partial charge in [0.15, 0.2) is 0 Å². The molecule has 10 rings (SSSR count). The number of ether oxygens (including phenoxy) is 6. The van der Waals surface area contributed by atoms with Crippen molar-refractivity contribution >= 4 is 5.97 Å². The van der Waals surface area contributed by atoms with Crippen LogP contribution in [0.5, 0.6) is 40.2 Å². The number of aryl methyl sites for hydroxylation is 3. The van der Waals surface area contributed by atoms with Crippen molar-refractivity contribution in [2.45, 2.75) is 184 Å². The smallest absolute Gasteiger partial charge is 0.306 e. The van der Waals surface area contributed by atoms with Crippen LogP contribution in [0.1, 0.15) is 198 Å². The van der Waals surface area contributed by atoms with E-state index in [1.807, 2.05) is 13.8 Å². The summed E-state index contributed by atoms with van der Waals surface area (Å²) < 4.78 is 40.4. The molecule has 1 aliphatic carbocycles. The van der Waals surface area contributed by atoms with Gasteiger partial charge in [0.25, 0.3) is 0 Å². The van der Waals surface area contributed by atoms with E-state index in [9.17, 15) is 15.0 Å². The summed E-state index contributed by atoms with van der Waals surface area (Å²) in [6.07, 6.45) is 2.02. The fourth-order valence-electron chi connectivity index (χ4n) is 12.1. The Bertz CT molecular complexity index is 3340. The van der Waals surface area contributed by atoms with E-state index in [1.165, 1.54) is 0 Å². The number of rotatable bonds is 8. The van der Waals surface area contributed by atoms with Gasteiger partial charge in [-0.25, -0.2) is 0 Å². The summed E-state index contributed by atoms with van der Waals surface area (Å²) in [5, 5.41) is 26.1. The molecule has 444 valence electrons. The first-order valence-corrected chi connectivity index (χ1v) is 30.1. The zero-order valence-corrected chi connectivity index (χ0v) is 53.4. The Morgan fingerprint density at radius 2 is 0.762 bits per heavy atom. The van der Waals surface area contributed by atoms with Gasteiger partial charge in [-0.3, -0.25) is 4.79 Å². The van der Waals surface area contributed by atoms with Crippen molar-refractivity contribution < 1.29 is 43.4 Å². The maximum Gasteiger partial charge on any atom is 0.306 e. The van der Waals surface area contributed by atoms with Crippen molar-refractivity contribution in [1.29, 1.82) is 0 Å². The number of phenols is 2. The number of methoxy groups -OCH3 is 2. The lowest BCUT2D eigenvalue weighted by Gasteiger charge is -2.28. The Hall–Kier alpha value is -7.39. The number of carbonyl (C=O) groups excluding carboxylic acids is 1. The molecule has 2 heterocycles. The summed E-state index contributed by atoms with van der Waals surface area (Å²) in [6.45, 7) is 35.6. The second-order valence-corrected chi connectivity index (χ2v) is 27.6. The maximum absolute atomic E-state index is 13.1. The molecule has 7 aromatic rings. The standard InChI is InChI=1S/C75H90O9/c1-19-81-64(76)22-21-45-27-62-60-25-43(3)23-54(69(60)79-17)41-83-67-50-29-46-33-56(72(5,6)7)35-48(65(46)77)31-52-39-59(75(14,15)16)40-53(68(52)84-42-55-24-44(4)26-61(70(55)80-18)63(28-45)71(62)82-20-2)32-49-36-57(73(8,9)10)34-47(66(49)78)30-51(67)38-58(37-50)74(11,12)13/h23-28,33-40,77-78H,19-22,29-32,41-42H2,1-18H3. The summed E-state index contributed by atoms with van der Waals surface area (Å²) in [5.41, 5.74) is 17.8. The molecule has 0 saturated carbocycles. The molecule has 0 spiro atoms. The average molecular weight is 1140 g/mol. The van der Waals surface area contributed by atoms with Crippen molar-refractivity contribution in [3.63, 3.8) is 0 Å². The van der Waals surface area contributed by atoms with Crippen molar-refractivity contribution in [1.82, 2.24) is 0 Å². The van der Waals surface area contributed by atoms with Crippen LogP contribution in [0.25, 0.3) is 22.3 Å². The number of fused-ring (bicyclic) bond motifs is 2. The monoisotopic (exact) mass is 1130 g/mol. The molecule has 7 aromatic carbocycles. The second-order valence-electron chi connectivity index (χ2n) is 27.6. The van der Waals surface area contributed by atoms with Gasteiger partial charge in [0.1, 0.15) is 53.5 Å². The number of benzene rings is 7. The van der Waals surface area contributed by atoms with Crippen LogP contribution in [0.3, 0.4) is 0 Å². The third-order valence-corrected chi connectivity index (χ3v) is 16.7.